The van der Waals surface area contributed by atoms with E-state index in [9.17, 15) is 0 Å². The zero-order chi connectivity index (χ0) is 12.2. The summed E-state index contributed by atoms with van der Waals surface area (Å²) in [5.74, 6) is 2.83. The Hall–Kier alpha value is -0.0800. The second-order valence-electron chi connectivity index (χ2n) is 4.11. The van der Waals surface area contributed by atoms with Crippen molar-refractivity contribution in [2.24, 2.45) is 5.73 Å². The number of terminal acetylenes is 1. The van der Waals surface area contributed by atoms with E-state index >= 15 is 0 Å². The number of ether oxygens (including phenoxy) is 1. The zero-order valence-electron chi connectivity index (χ0n) is 10.1. The van der Waals surface area contributed by atoms with Crippen LogP contribution in [-0.2, 0) is 4.74 Å². The normalized spacial score (nSPS) is 32.6. The highest BCUT2D eigenvalue weighted by Gasteiger charge is 2.46. The minimum absolute atomic E-state index is 0.296. The summed E-state index contributed by atoms with van der Waals surface area (Å²) in [4.78, 5) is 2.62. The second-order valence-corrected chi connectivity index (χ2v) is 5.41. The molecule has 3 nitrogen and oxygen atoms in total. The lowest BCUT2D eigenvalue weighted by atomic mass is 10.1. The average Bonchev–Trinajstić information content (AvgIpc) is 2.59. The van der Waals surface area contributed by atoms with Crippen molar-refractivity contribution in [3.8, 4) is 12.3 Å². The Morgan fingerprint density at radius 3 is 2.81 bits per heavy atom. The van der Waals surface area contributed by atoms with Crippen LogP contribution in [0.1, 0.15) is 26.7 Å². The van der Waals surface area contributed by atoms with Gasteiger partial charge in [0.2, 0.25) is 0 Å². The molecule has 0 aromatic heterocycles. The summed E-state index contributed by atoms with van der Waals surface area (Å²) in [6, 6.07) is 0.296. The monoisotopic (exact) mass is 288 g/mol. The average molecular weight is 289 g/mol. The molecule has 0 bridgehead atoms. The van der Waals surface area contributed by atoms with Crippen molar-refractivity contribution in [2.45, 2.75) is 43.3 Å². The predicted octanol–water partition coefficient (Wildman–Crippen LogP) is 1.56. The van der Waals surface area contributed by atoms with E-state index in [4.69, 9.17) is 16.9 Å². The highest BCUT2D eigenvalue weighted by atomic mass is 79.9. The summed E-state index contributed by atoms with van der Waals surface area (Å²) in [7, 11) is 0. The molecule has 16 heavy (non-hydrogen) atoms. The van der Waals surface area contributed by atoms with Crippen molar-refractivity contribution in [2.75, 3.05) is 19.7 Å². The van der Waals surface area contributed by atoms with Gasteiger partial charge in [0.25, 0.3) is 0 Å². The molecule has 1 rings (SSSR count). The number of hydrogen-bond acceptors (Lipinski definition) is 3. The largest absolute Gasteiger partial charge is 0.349 e. The third-order valence-corrected chi connectivity index (χ3v) is 3.76. The minimum Gasteiger partial charge on any atom is -0.349 e. The first-order valence-corrected chi connectivity index (χ1v) is 6.77. The van der Waals surface area contributed by atoms with Gasteiger partial charge in [-0.05, 0) is 13.3 Å². The number of alkyl halides is 1. The van der Waals surface area contributed by atoms with E-state index in [0.717, 1.165) is 19.4 Å². The van der Waals surface area contributed by atoms with Gasteiger partial charge >= 0.3 is 0 Å². The number of halogens is 1. The quantitative estimate of drug-likeness (QED) is 0.616. The van der Waals surface area contributed by atoms with Crippen molar-refractivity contribution in [1.29, 1.82) is 0 Å². The van der Waals surface area contributed by atoms with E-state index in [2.05, 4.69) is 33.7 Å². The first-order valence-electron chi connectivity index (χ1n) is 5.86. The van der Waals surface area contributed by atoms with Crippen LogP contribution in [0, 0.1) is 12.3 Å². The summed E-state index contributed by atoms with van der Waals surface area (Å²) in [6.07, 6.45) is 7.50. The van der Waals surface area contributed by atoms with Crippen molar-refractivity contribution in [1.82, 2.24) is 4.90 Å². The van der Waals surface area contributed by atoms with Crippen LogP contribution in [0.2, 0.25) is 0 Å². The van der Waals surface area contributed by atoms with Crippen LogP contribution in [-0.4, -0.2) is 41.2 Å². The van der Waals surface area contributed by atoms with Gasteiger partial charge in [-0.3, -0.25) is 4.90 Å². The van der Waals surface area contributed by atoms with Crippen LogP contribution >= 0.6 is 15.9 Å². The molecule has 3 unspecified atom stereocenters. The summed E-state index contributed by atoms with van der Waals surface area (Å²) in [5.41, 5.74) is 5.23. The van der Waals surface area contributed by atoms with Crippen LogP contribution < -0.4 is 5.73 Å². The van der Waals surface area contributed by atoms with E-state index in [0.29, 0.717) is 24.0 Å². The molecule has 92 valence electrons. The van der Waals surface area contributed by atoms with Gasteiger partial charge in [-0.1, -0.05) is 28.8 Å². The van der Waals surface area contributed by atoms with Crippen molar-refractivity contribution in [3.05, 3.63) is 0 Å². The van der Waals surface area contributed by atoms with Gasteiger partial charge < -0.3 is 10.5 Å². The van der Waals surface area contributed by atoms with E-state index in [1.807, 2.05) is 6.92 Å². The molecule has 0 aromatic carbocycles. The van der Waals surface area contributed by atoms with Gasteiger partial charge in [-0.25, -0.2) is 0 Å². The Labute approximate surface area is 107 Å². The second kappa shape index (κ2) is 6.02. The Morgan fingerprint density at radius 2 is 2.38 bits per heavy atom. The van der Waals surface area contributed by atoms with Gasteiger partial charge in [-0.15, -0.1) is 6.42 Å². The number of nitrogens with two attached hydrogens (primary N) is 1. The summed E-state index contributed by atoms with van der Waals surface area (Å²) in [6.45, 7) is 6.25. The fourth-order valence-corrected chi connectivity index (χ4v) is 3.12. The number of nitrogens with zero attached hydrogens (tertiary/aromatic N) is 1. The first-order chi connectivity index (χ1) is 7.63. The lowest BCUT2D eigenvalue weighted by molar-refractivity contribution is -0.103. The van der Waals surface area contributed by atoms with E-state index in [1.165, 1.54) is 0 Å². The molecule has 1 aliphatic heterocycles. The third kappa shape index (κ3) is 2.60. The zero-order valence-corrected chi connectivity index (χ0v) is 11.7. The van der Waals surface area contributed by atoms with Crippen LogP contribution in [0.3, 0.4) is 0 Å². The fourth-order valence-electron chi connectivity index (χ4n) is 2.37. The first kappa shape index (κ1) is 14.0. The molecule has 1 aliphatic rings. The molecule has 3 atom stereocenters. The molecule has 1 heterocycles. The van der Waals surface area contributed by atoms with Crippen LogP contribution in [0.5, 0.6) is 0 Å². The number of rotatable bonds is 5. The van der Waals surface area contributed by atoms with Crippen molar-refractivity contribution < 1.29 is 4.74 Å². The van der Waals surface area contributed by atoms with E-state index < -0.39 is 5.72 Å². The van der Waals surface area contributed by atoms with Crippen LogP contribution in [0.25, 0.3) is 0 Å². The Bertz CT molecular complexity index is 262. The molecule has 0 amide bonds. The van der Waals surface area contributed by atoms with Crippen molar-refractivity contribution >= 4 is 15.9 Å². The molecular formula is C12H21BrN2O. The summed E-state index contributed by atoms with van der Waals surface area (Å²) < 4.78 is 5.81. The Kier molecular flexibility index (Phi) is 5.26. The fraction of sp³-hybridized carbons (Fsp3) is 0.833. The topological polar surface area (TPSA) is 38.5 Å². The minimum atomic E-state index is -0.567. The maximum Gasteiger partial charge on any atom is 0.185 e. The Balaban J connectivity index is 2.91. The number of likely N-dealkylation sites (tertiary alicyclic amines) is 1. The van der Waals surface area contributed by atoms with Gasteiger partial charge in [0.1, 0.15) is 0 Å². The predicted molar refractivity (Wildman–Crippen MR) is 70.4 cm³/mol. The highest BCUT2D eigenvalue weighted by Crippen LogP contribution is 2.35. The molecule has 1 fully saturated rings. The van der Waals surface area contributed by atoms with Crippen LogP contribution in [0.4, 0.5) is 0 Å². The van der Waals surface area contributed by atoms with Gasteiger partial charge in [0, 0.05) is 37.0 Å². The molecule has 0 saturated carbocycles. The molecule has 2 N–H and O–H groups in total. The Morgan fingerprint density at radius 1 is 1.69 bits per heavy atom. The van der Waals surface area contributed by atoms with Gasteiger partial charge in [-0.2, -0.15) is 0 Å². The molecule has 0 radical (unpaired) electrons. The van der Waals surface area contributed by atoms with Crippen molar-refractivity contribution in [3.63, 3.8) is 0 Å². The van der Waals surface area contributed by atoms with Gasteiger partial charge in [0.15, 0.2) is 5.72 Å². The van der Waals surface area contributed by atoms with Crippen LogP contribution in [0.15, 0.2) is 0 Å². The molecule has 4 heteroatoms. The van der Waals surface area contributed by atoms with E-state index in [1.54, 1.807) is 0 Å². The lowest BCUT2D eigenvalue weighted by Crippen LogP contribution is -2.52. The SMILES string of the molecule is C#CC1(OCC)CC(Br)CN1C(CC)CN. The smallest absolute Gasteiger partial charge is 0.185 e. The number of hydrogen-bond donors (Lipinski definition) is 1. The molecule has 0 aliphatic carbocycles. The van der Waals surface area contributed by atoms with Gasteiger partial charge in [0.05, 0.1) is 0 Å². The molecule has 0 aromatic rings. The van der Waals surface area contributed by atoms with E-state index in [-0.39, 0.29) is 0 Å². The summed E-state index contributed by atoms with van der Waals surface area (Å²) >= 11 is 3.63. The summed E-state index contributed by atoms with van der Waals surface area (Å²) in [5, 5.41) is 0. The molecule has 1 saturated heterocycles. The molecular weight excluding hydrogens is 268 g/mol. The lowest BCUT2D eigenvalue weighted by Gasteiger charge is -2.38. The highest BCUT2D eigenvalue weighted by molar-refractivity contribution is 9.09. The maximum atomic E-state index is 5.81. The molecule has 0 spiro atoms. The third-order valence-electron chi connectivity index (χ3n) is 3.15. The standard InChI is InChI=1S/C12H21BrN2O/c1-4-11(8-14)15-9-10(13)7-12(15,5-2)16-6-3/h2,10-11H,4,6-9,14H2,1,3H3. The maximum absolute atomic E-state index is 5.81.